The van der Waals surface area contributed by atoms with E-state index >= 15 is 0 Å². The van der Waals surface area contributed by atoms with Gasteiger partial charge in [0, 0.05) is 18.0 Å². The van der Waals surface area contributed by atoms with Crippen LogP contribution >= 0.6 is 11.5 Å². The highest BCUT2D eigenvalue weighted by Crippen LogP contribution is 2.21. The Morgan fingerprint density at radius 3 is 2.71 bits per heavy atom. The van der Waals surface area contributed by atoms with Crippen molar-refractivity contribution < 1.29 is 0 Å². The summed E-state index contributed by atoms with van der Waals surface area (Å²) in [5.74, 6) is 1.22. The standard InChI is InChI=1S/C14H10N6S/c1-20-13(10-5-3-2-4-6-10)17-18-14(20)11(8-15)7-12-9-21-19-16-12/h2-7,9H,1H3. The number of hydrogen-bond acceptors (Lipinski definition) is 6. The van der Waals surface area contributed by atoms with Gasteiger partial charge in [-0.1, -0.05) is 34.8 Å². The first-order chi connectivity index (χ1) is 10.3. The molecule has 0 unspecified atom stereocenters. The van der Waals surface area contributed by atoms with Crippen LogP contribution < -0.4 is 0 Å². The number of rotatable bonds is 3. The molecule has 2 aromatic heterocycles. The molecule has 2 heterocycles. The molecule has 0 saturated carbocycles. The maximum atomic E-state index is 9.34. The zero-order valence-electron chi connectivity index (χ0n) is 11.1. The van der Waals surface area contributed by atoms with Crippen molar-refractivity contribution in [1.29, 1.82) is 5.26 Å². The summed E-state index contributed by atoms with van der Waals surface area (Å²) in [5, 5.41) is 23.3. The molecule has 0 spiro atoms. The zero-order valence-corrected chi connectivity index (χ0v) is 11.9. The molecule has 0 aliphatic carbocycles. The Balaban J connectivity index is 2.04. The summed E-state index contributed by atoms with van der Waals surface area (Å²) in [6, 6.07) is 11.9. The van der Waals surface area contributed by atoms with Gasteiger partial charge in [-0.25, -0.2) is 0 Å². The maximum Gasteiger partial charge on any atom is 0.174 e. The van der Waals surface area contributed by atoms with Crippen LogP contribution in [0.3, 0.4) is 0 Å². The largest absolute Gasteiger partial charge is 0.310 e. The molecule has 0 fully saturated rings. The molecule has 3 aromatic rings. The highest BCUT2D eigenvalue weighted by atomic mass is 32.1. The van der Waals surface area contributed by atoms with E-state index in [2.05, 4.69) is 25.9 Å². The Hall–Kier alpha value is -2.85. The molecule has 0 N–H and O–H groups in total. The van der Waals surface area contributed by atoms with E-state index in [1.165, 1.54) is 11.5 Å². The summed E-state index contributed by atoms with van der Waals surface area (Å²) < 4.78 is 5.57. The molecule has 21 heavy (non-hydrogen) atoms. The van der Waals surface area contributed by atoms with E-state index in [1.54, 1.807) is 16.0 Å². The monoisotopic (exact) mass is 294 g/mol. The number of allylic oxidation sites excluding steroid dienone is 1. The van der Waals surface area contributed by atoms with Crippen molar-refractivity contribution in [3.05, 3.63) is 47.2 Å². The fourth-order valence-electron chi connectivity index (χ4n) is 1.93. The first-order valence-corrected chi connectivity index (χ1v) is 6.97. The fourth-order valence-corrected chi connectivity index (χ4v) is 2.34. The predicted molar refractivity (Wildman–Crippen MR) is 79.8 cm³/mol. The molecule has 0 amide bonds. The zero-order chi connectivity index (χ0) is 14.7. The van der Waals surface area contributed by atoms with Crippen molar-refractivity contribution in [2.75, 3.05) is 0 Å². The molecule has 0 atom stereocenters. The van der Waals surface area contributed by atoms with Gasteiger partial charge < -0.3 is 4.57 Å². The van der Waals surface area contributed by atoms with Gasteiger partial charge in [-0.3, -0.25) is 0 Å². The minimum absolute atomic E-state index is 0.403. The van der Waals surface area contributed by atoms with Crippen LogP contribution in [0.5, 0.6) is 0 Å². The third-order valence-corrected chi connectivity index (χ3v) is 3.46. The molecule has 1 aromatic carbocycles. The number of nitrogens with zero attached hydrogens (tertiary/aromatic N) is 6. The van der Waals surface area contributed by atoms with E-state index in [0.717, 1.165) is 5.56 Å². The van der Waals surface area contributed by atoms with Gasteiger partial charge in [0.2, 0.25) is 0 Å². The molecule has 0 radical (unpaired) electrons. The summed E-state index contributed by atoms with van der Waals surface area (Å²) in [4.78, 5) is 0. The molecule has 7 heteroatoms. The molecular formula is C14H10N6S. The van der Waals surface area contributed by atoms with Crippen LogP contribution in [0.15, 0.2) is 35.7 Å². The van der Waals surface area contributed by atoms with Crippen LogP contribution in [-0.2, 0) is 7.05 Å². The molecule has 0 aliphatic heterocycles. The van der Waals surface area contributed by atoms with E-state index in [0.29, 0.717) is 22.9 Å². The van der Waals surface area contributed by atoms with Crippen molar-refractivity contribution in [3.63, 3.8) is 0 Å². The summed E-state index contributed by atoms with van der Waals surface area (Å²) >= 11 is 1.24. The van der Waals surface area contributed by atoms with E-state index in [9.17, 15) is 5.26 Å². The molecule has 0 aliphatic rings. The van der Waals surface area contributed by atoms with Crippen LogP contribution in [0.25, 0.3) is 23.0 Å². The highest BCUT2D eigenvalue weighted by molar-refractivity contribution is 7.03. The lowest BCUT2D eigenvalue weighted by Crippen LogP contribution is -1.98. The van der Waals surface area contributed by atoms with E-state index < -0.39 is 0 Å². The van der Waals surface area contributed by atoms with Crippen molar-refractivity contribution in [2.45, 2.75) is 0 Å². The van der Waals surface area contributed by atoms with Gasteiger partial charge in [0.25, 0.3) is 0 Å². The second-order valence-electron chi connectivity index (χ2n) is 4.27. The van der Waals surface area contributed by atoms with Crippen molar-refractivity contribution >= 4 is 23.2 Å². The van der Waals surface area contributed by atoms with Crippen LogP contribution in [0, 0.1) is 11.3 Å². The summed E-state index contributed by atoms with van der Waals surface area (Å²) in [7, 11) is 1.84. The lowest BCUT2D eigenvalue weighted by molar-refractivity contribution is 0.900. The van der Waals surface area contributed by atoms with Gasteiger partial charge in [0.05, 0.1) is 11.3 Å². The minimum Gasteiger partial charge on any atom is -0.310 e. The molecule has 6 nitrogen and oxygen atoms in total. The van der Waals surface area contributed by atoms with Crippen LogP contribution in [0.2, 0.25) is 0 Å². The van der Waals surface area contributed by atoms with Crippen LogP contribution in [-0.4, -0.2) is 24.4 Å². The number of hydrogen-bond donors (Lipinski definition) is 0. The second kappa shape index (κ2) is 5.64. The Morgan fingerprint density at radius 1 is 1.24 bits per heavy atom. The Kier molecular flexibility index (Phi) is 3.53. The third kappa shape index (κ3) is 2.57. The summed E-state index contributed by atoms with van der Waals surface area (Å²) in [6.45, 7) is 0. The lowest BCUT2D eigenvalue weighted by Gasteiger charge is -2.02. The predicted octanol–water partition coefficient (Wildman–Crippen LogP) is 2.40. The second-order valence-corrected chi connectivity index (χ2v) is 4.88. The van der Waals surface area contributed by atoms with Crippen molar-refractivity contribution in [1.82, 2.24) is 24.4 Å². The molecule has 102 valence electrons. The first-order valence-electron chi connectivity index (χ1n) is 6.13. The first kappa shape index (κ1) is 13.1. The summed E-state index contributed by atoms with van der Waals surface area (Å²) in [6.07, 6.45) is 1.66. The van der Waals surface area contributed by atoms with Gasteiger partial charge in [-0.05, 0) is 17.6 Å². The van der Waals surface area contributed by atoms with E-state index in [1.807, 2.05) is 37.4 Å². The number of nitriles is 1. The molecule has 0 saturated heterocycles. The van der Waals surface area contributed by atoms with Gasteiger partial charge in [-0.15, -0.1) is 15.3 Å². The third-order valence-electron chi connectivity index (χ3n) is 2.94. The SMILES string of the molecule is Cn1c(C(C#N)=Cc2csnn2)nnc1-c1ccccc1. The van der Waals surface area contributed by atoms with Crippen molar-refractivity contribution in [2.24, 2.45) is 7.05 Å². The molecule has 3 rings (SSSR count). The Morgan fingerprint density at radius 2 is 2.05 bits per heavy atom. The van der Waals surface area contributed by atoms with Crippen molar-refractivity contribution in [3.8, 4) is 17.5 Å². The average Bonchev–Trinajstić information content (AvgIpc) is 3.15. The topological polar surface area (TPSA) is 80.3 Å². The Bertz CT molecular complexity index is 811. The highest BCUT2D eigenvalue weighted by Gasteiger charge is 2.14. The van der Waals surface area contributed by atoms with Gasteiger partial charge in [-0.2, -0.15) is 5.26 Å². The average molecular weight is 294 g/mol. The Labute approximate surface area is 125 Å². The van der Waals surface area contributed by atoms with E-state index in [4.69, 9.17) is 0 Å². The number of benzene rings is 1. The normalized spacial score (nSPS) is 11.3. The minimum atomic E-state index is 0.403. The van der Waals surface area contributed by atoms with Crippen LogP contribution in [0.4, 0.5) is 0 Å². The van der Waals surface area contributed by atoms with Gasteiger partial charge in [0.15, 0.2) is 11.6 Å². The maximum absolute atomic E-state index is 9.34. The van der Waals surface area contributed by atoms with Gasteiger partial charge >= 0.3 is 0 Å². The van der Waals surface area contributed by atoms with Gasteiger partial charge in [0.1, 0.15) is 6.07 Å². The number of aromatic nitrogens is 5. The van der Waals surface area contributed by atoms with E-state index in [-0.39, 0.29) is 0 Å². The quantitative estimate of drug-likeness (QED) is 0.693. The summed E-state index contributed by atoms with van der Waals surface area (Å²) in [5.41, 5.74) is 1.99. The molecular weight excluding hydrogens is 284 g/mol. The fraction of sp³-hybridized carbons (Fsp3) is 0.0714. The smallest absolute Gasteiger partial charge is 0.174 e. The molecule has 0 bridgehead atoms. The lowest BCUT2D eigenvalue weighted by atomic mass is 10.2. The van der Waals surface area contributed by atoms with Crippen LogP contribution in [0.1, 0.15) is 11.5 Å².